The highest BCUT2D eigenvalue weighted by Gasteiger charge is 2.37. The number of piperazine rings is 1. The highest BCUT2D eigenvalue weighted by atomic mass is 32.2. The minimum atomic E-state index is -4.07. The second-order valence-electron chi connectivity index (χ2n) is 7.95. The van der Waals surface area contributed by atoms with E-state index in [4.69, 9.17) is 4.42 Å². The molecule has 0 bridgehead atoms. The average molecular weight is 483 g/mol. The topological polar surface area (TPSA) is 112 Å². The number of furan rings is 1. The van der Waals surface area contributed by atoms with Crippen LogP contribution in [0.3, 0.4) is 0 Å². The molecule has 3 aromatic rings. The fourth-order valence-electron chi connectivity index (χ4n) is 3.81. The molecule has 0 radical (unpaired) electrons. The van der Waals surface area contributed by atoms with E-state index in [2.05, 4.69) is 10.0 Å². The largest absolute Gasteiger partial charge is 0.468 e. The molecule has 1 aliphatic heterocycles. The Labute approximate surface area is 198 Å². The molecule has 1 unspecified atom stereocenters. The van der Waals surface area contributed by atoms with Crippen molar-refractivity contribution >= 4 is 22.0 Å². The molecule has 9 nitrogen and oxygen atoms in total. The first-order valence-electron chi connectivity index (χ1n) is 10.9. The maximum Gasteiger partial charge on any atom is 0.332 e. The maximum atomic E-state index is 13.1. The number of sulfonamides is 1. The first-order valence-corrected chi connectivity index (χ1v) is 12.4. The molecule has 0 aliphatic carbocycles. The van der Waals surface area contributed by atoms with Crippen molar-refractivity contribution in [2.45, 2.75) is 24.0 Å². The fraction of sp³-hybridized carbons (Fsp3) is 0.250. The smallest absolute Gasteiger partial charge is 0.332 e. The van der Waals surface area contributed by atoms with Gasteiger partial charge in [0.15, 0.2) is 0 Å². The third-order valence-electron chi connectivity index (χ3n) is 5.57. The van der Waals surface area contributed by atoms with E-state index >= 15 is 0 Å². The number of hydrogen-bond donors (Lipinski definition) is 2. The molecule has 1 fully saturated rings. The van der Waals surface area contributed by atoms with E-state index in [1.807, 2.05) is 41.3 Å². The number of nitrogens with one attached hydrogen (secondary N) is 2. The van der Waals surface area contributed by atoms with Gasteiger partial charge in [0.1, 0.15) is 11.8 Å². The van der Waals surface area contributed by atoms with Gasteiger partial charge in [-0.25, -0.2) is 17.9 Å². The van der Waals surface area contributed by atoms with E-state index in [9.17, 15) is 18.0 Å². The van der Waals surface area contributed by atoms with Crippen LogP contribution in [0.1, 0.15) is 11.3 Å². The van der Waals surface area contributed by atoms with Crippen LogP contribution in [-0.4, -0.2) is 55.8 Å². The molecule has 1 atom stereocenters. The third-order valence-corrected chi connectivity index (χ3v) is 6.91. The Morgan fingerprint density at radius 1 is 0.941 bits per heavy atom. The van der Waals surface area contributed by atoms with Gasteiger partial charge in [-0.2, -0.15) is 0 Å². The Morgan fingerprint density at radius 2 is 1.65 bits per heavy atom. The predicted octanol–water partition coefficient (Wildman–Crippen LogP) is 2.18. The maximum absolute atomic E-state index is 13.1. The van der Waals surface area contributed by atoms with Gasteiger partial charge in [0.25, 0.3) is 10.0 Å². The molecule has 3 amide bonds. The summed E-state index contributed by atoms with van der Waals surface area (Å²) in [6.07, 6.45) is 1.58. The molecule has 10 heteroatoms. The van der Waals surface area contributed by atoms with Crippen LogP contribution in [0.4, 0.5) is 4.79 Å². The van der Waals surface area contributed by atoms with Crippen molar-refractivity contribution in [1.29, 1.82) is 0 Å². The SMILES string of the molecule is O=C(NCc1ccccc1)C1CN(Cc2ccco2)CCN1C(=O)NS(=O)(=O)c1ccccc1. The van der Waals surface area contributed by atoms with Gasteiger partial charge in [0.05, 0.1) is 17.7 Å². The van der Waals surface area contributed by atoms with E-state index in [-0.39, 0.29) is 23.9 Å². The van der Waals surface area contributed by atoms with Crippen molar-refractivity contribution < 1.29 is 22.4 Å². The van der Waals surface area contributed by atoms with Gasteiger partial charge in [-0.3, -0.25) is 9.69 Å². The van der Waals surface area contributed by atoms with Crippen LogP contribution in [0.25, 0.3) is 0 Å². The normalized spacial score (nSPS) is 16.7. The van der Waals surface area contributed by atoms with Crippen LogP contribution in [-0.2, 0) is 27.9 Å². The highest BCUT2D eigenvalue weighted by molar-refractivity contribution is 7.90. The second-order valence-corrected chi connectivity index (χ2v) is 9.63. The molecular weight excluding hydrogens is 456 g/mol. The van der Waals surface area contributed by atoms with Crippen LogP contribution < -0.4 is 10.0 Å². The molecule has 34 heavy (non-hydrogen) atoms. The number of nitrogens with zero attached hydrogens (tertiary/aromatic N) is 2. The van der Waals surface area contributed by atoms with Crippen molar-refractivity contribution in [3.8, 4) is 0 Å². The van der Waals surface area contributed by atoms with Gasteiger partial charge in [0, 0.05) is 26.2 Å². The van der Waals surface area contributed by atoms with E-state index in [1.165, 1.54) is 17.0 Å². The van der Waals surface area contributed by atoms with E-state index in [0.29, 0.717) is 19.6 Å². The molecule has 4 rings (SSSR count). The first kappa shape index (κ1) is 23.5. The molecule has 1 aliphatic rings. The number of carbonyl (C=O) groups is 2. The number of urea groups is 1. The molecular formula is C24H26N4O5S. The minimum Gasteiger partial charge on any atom is -0.468 e. The van der Waals surface area contributed by atoms with E-state index in [0.717, 1.165) is 11.3 Å². The summed E-state index contributed by atoms with van der Waals surface area (Å²) in [5, 5.41) is 2.87. The van der Waals surface area contributed by atoms with Gasteiger partial charge < -0.3 is 14.6 Å². The monoisotopic (exact) mass is 482 g/mol. The second kappa shape index (κ2) is 10.5. The fourth-order valence-corrected chi connectivity index (χ4v) is 4.79. The predicted molar refractivity (Wildman–Crippen MR) is 125 cm³/mol. The lowest BCUT2D eigenvalue weighted by Gasteiger charge is -2.40. The van der Waals surface area contributed by atoms with Crippen LogP contribution in [0.2, 0.25) is 0 Å². The summed E-state index contributed by atoms with van der Waals surface area (Å²) in [5.41, 5.74) is 0.918. The Hall–Kier alpha value is -3.63. The molecule has 2 aromatic carbocycles. The zero-order valence-electron chi connectivity index (χ0n) is 18.5. The van der Waals surface area contributed by atoms with Gasteiger partial charge >= 0.3 is 6.03 Å². The van der Waals surface area contributed by atoms with Crippen molar-refractivity contribution in [2.24, 2.45) is 0 Å². The lowest BCUT2D eigenvalue weighted by atomic mass is 10.1. The molecule has 2 heterocycles. The molecule has 0 saturated carbocycles. The van der Waals surface area contributed by atoms with Crippen LogP contribution >= 0.6 is 0 Å². The summed E-state index contributed by atoms with van der Waals surface area (Å²) in [5.74, 6) is 0.383. The summed E-state index contributed by atoms with van der Waals surface area (Å²) in [6, 6.07) is 19.0. The average Bonchev–Trinajstić information content (AvgIpc) is 3.36. The summed E-state index contributed by atoms with van der Waals surface area (Å²) < 4.78 is 32.8. The third kappa shape index (κ3) is 5.83. The number of rotatable bonds is 7. The van der Waals surface area contributed by atoms with Crippen LogP contribution in [0, 0.1) is 0 Å². The van der Waals surface area contributed by atoms with Gasteiger partial charge in [-0.05, 0) is 29.8 Å². The molecule has 178 valence electrons. The first-order chi connectivity index (χ1) is 16.4. The quantitative estimate of drug-likeness (QED) is 0.534. The minimum absolute atomic E-state index is 0.0233. The van der Waals surface area contributed by atoms with Gasteiger partial charge in [-0.15, -0.1) is 0 Å². The van der Waals surface area contributed by atoms with Crippen LogP contribution in [0.15, 0.2) is 88.4 Å². The van der Waals surface area contributed by atoms with Crippen molar-refractivity contribution in [3.63, 3.8) is 0 Å². The Bertz CT molecular complexity index is 1200. The number of amides is 3. The van der Waals surface area contributed by atoms with Gasteiger partial charge in [-0.1, -0.05) is 48.5 Å². The van der Waals surface area contributed by atoms with E-state index < -0.39 is 22.1 Å². The zero-order valence-corrected chi connectivity index (χ0v) is 19.3. The Balaban J connectivity index is 1.49. The summed E-state index contributed by atoms with van der Waals surface area (Å²) >= 11 is 0. The standard InChI is InChI=1S/C24H26N4O5S/c29-23(25-16-19-8-3-1-4-9-19)22-18-27(17-20-10-7-15-33-20)13-14-28(22)24(30)26-34(31,32)21-11-5-2-6-12-21/h1-12,15,22H,13-14,16-18H2,(H,25,29)(H,26,30). The van der Waals surface area contributed by atoms with Crippen LogP contribution in [0.5, 0.6) is 0 Å². The zero-order chi connectivity index (χ0) is 24.0. The summed E-state index contributed by atoms with van der Waals surface area (Å²) in [4.78, 5) is 29.4. The van der Waals surface area contributed by atoms with Gasteiger partial charge in [0.2, 0.25) is 5.91 Å². The number of carbonyl (C=O) groups excluding carboxylic acids is 2. The molecule has 2 N–H and O–H groups in total. The van der Waals surface area contributed by atoms with Crippen molar-refractivity contribution in [2.75, 3.05) is 19.6 Å². The number of hydrogen-bond acceptors (Lipinski definition) is 6. The highest BCUT2D eigenvalue weighted by Crippen LogP contribution is 2.16. The summed E-state index contributed by atoms with van der Waals surface area (Å²) in [7, 11) is -4.07. The Kier molecular flexibility index (Phi) is 7.29. The number of benzene rings is 2. The molecule has 1 aromatic heterocycles. The lowest BCUT2D eigenvalue weighted by Crippen LogP contribution is -2.62. The van der Waals surface area contributed by atoms with Crippen molar-refractivity contribution in [1.82, 2.24) is 19.8 Å². The molecule has 1 saturated heterocycles. The lowest BCUT2D eigenvalue weighted by molar-refractivity contribution is -0.127. The van der Waals surface area contributed by atoms with Crippen molar-refractivity contribution in [3.05, 3.63) is 90.4 Å². The van der Waals surface area contributed by atoms with E-state index in [1.54, 1.807) is 30.5 Å². The summed E-state index contributed by atoms with van der Waals surface area (Å²) in [6.45, 7) is 1.65. The molecule has 0 spiro atoms. The Morgan fingerprint density at radius 3 is 2.32 bits per heavy atom.